The van der Waals surface area contributed by atoms with Crippen molar-refractivity contribution in [1.82, 2.24) is 14.7 Å². The summed E-state index contributed by atoms with van der Waals surface area (Å²) in [6, 6.07) is 20.1. The van der Waals surface area contributed by atoms with Gasteiger partial charge in [-0.05, 0) is 43.2 Å². The maximum Gasteiger partial charge on any atom is 0.266 e. The van der Waals surface area contributed by atoms with Gasteiger partial charge in [0.15, 0.2) is 5.76 Å². The summed E-state index contributed by atoms with van der Waals surface area (Å²) < 4.78 is 8.63. The van der Waals surface area contributed by atoms with Crippen LogP contribution in [0.15, 0.2) is 76.2 Å². The normalized spacial score (nSPS) is 18.5. The molecule has 3 heterocycles. The number of hydrogen-bond acceptors (Lipinski definition) is 5. The van der Waals surface area contributed by atoms with E-state index in [-0.39, 0.29) is 11.9 Å². The topological polar surface area (TPSA) is 51.3 Å². The van der Waals surface area contributed by atoms with Gasteiger partial charge >= 0.3 is 0 Å². The van der Waals surface area contributed by atoms with Crippen molar-refractivity contribution < 1.29 is 9.21 Å². The fourth-order valence-electron chi connectivity index (χ4n) is 4.77. The molecule has 5 nitrogen and oxygen atoms in total. The zero-order chi connectivity index (χ0) is 23.1. The molecule has 0 unspecified atom stereocenters. The Kier molecular flexibility index (Phi) is 5.59. The summed E-state index contributed by atoms with van der Waals surface area (Å²) in [5.74, 6) is 0.676. The zero-order valence-corrected chi connectivity index (χ0v) is 20.1. The first-order chi connectivity index (χ1) is 16.7. The number of carbonyl (C=O) groups is 1. The number of rotatable bonds is 4. The Morgan fingerprint density at radius 3 is 2.59 bits per heavy atom. The number of furan rings is 1. The van der Waals surface area contributed by atoms with Crippen LogP contribution in [-0.4, -0.2) is 30.9 Å². The third-order valence-electron chi connectivity index (χ3n) is 6.47. The van der Waals surface area contributed by atoms with Crippen molar-refractivity contribution in [3.8, 4) is 17.1 Å². The molecule has 0 atom stereocenters. The molecular formula is C27H23N3O2S2. The van der Waals surface area contributed by atoms with E-state index in [9.17, 15) is 4.79 Å². The Labute approximate surface area is 207 Å². The van der Waals surface area contributed by atoms with Crippen LogP contribution in [0.1, 0.15) is 37.7 Å². The van der Waals surface area contributed by atoms with Crippen molar-refractivity contribution >= 4 is 51.3 Å². The molecule has 2 aromatic carbocycles. The molecule has 1 aliphatic carbocycles. The molecular weight excluding hydrogens is 462 g/mol. The molecule has 0 radical (unpaired) electrons. The minimum Gasteiger partial charge on any atom is -0.454 e. The van der Waals surface area contributed by atoms with Gasteiger partial charge < -0.3 is 4.42 Å². The zero-order valence-electron chi connectivity index (χ0n) is 18.5. The Bertz CT molecular complexity index is 1380. The summed E-state index contributed by atoms with van der Waals surface area (Å²) in [5.41, 5.74) is 3.27. The van der Waals surface area contributed by atoms with E-state index in [0.717, 1.165) is 47.9 Å². The van der Waals surface area contributed by atoms with Gasteiger partial charge in [-0.3, -0.25) is 9.69 Å². The second-order valence-electron chi connectivity index (χ2n) is 8.71. The van der Waals surface area contributed by atoms with Crippen molar-refractivity contribution in [2.24, 2.45) is 0 Å². The molecule has 6 rings (SSSR count). The molecule has 4 aromatic rings. The number of nitrogens with zero attached hydrogens (tertiary/aromatic N) is 3. The van der Waals surface area contributed by atoms with E-state index in [1.54, 1.807) is 0 Å². The molecule has 2 aromatic heterocycles. The van der Waals surface area contributed by atoms with Crippen LogP contribution in [0, 0.1) is 0 Å². The van der Waals surface area contributed by atoms with E-state index in [1.165, 1.54) is 18.2 Å². The highest BCUT2D eigenvalue weighted by Gasteiger charge is 2.37. The average molecular weight is 486 g/mol. The largest absolute Gasteiger partial charge is 0.454 e. The minimum atomic E-state index is 0.00455. The lowest BCUT2D eigenvalue weighted by Crippen LogP contribution is -2.39. The Balaban J connectivity index is 1.42. The van der Waals surface area contributed by atoms with Gasteiger partial charge in [0.05, 0.1) is 10.6 Å². The van der Waals surface area contributed by atoms with Gasteiger partial charge in [-0.1, -0.05) is 79.6 Å². The number of para-hydroxylation sites is 2. The number of hydrogen-bond donors (Lipinski definition) is 0. The molecule has 2 aliphatic rings. The number of carbonyl (C=O) groups excluding carboxylic acids is 1. The van der Waals surface area contributed by atoms with Crippen molar-refractivity contribution in [3.05, 3.63) is 77.3 Å². The molecule has 170 valence electrons. The number of thiocarbonyl (C=S) groups is 1. The first-order valence-corrected chi connectivity index (χ1v) is 12.8. The Morgan fingerprint density at radius 1 is 1.03 bits per heavy atom. The molecule has 1 amide bonds. The summed E-state index contributed by atoms with van der Waals surface area (Å²) in [6.45, 7) is 0. The van der Waals surface area contributed by atoms with Crippen LogP contribution >= 0.6 is 24.0 Å². The summed E-state index contributed by atoms with van der Waals surface area (Å²) >= 11 is 7.02. The molecule has 1 saturated heterocycles. The van der Waals surface area contributed by atoms with Crippen LogP contribution in [0.5, 0.6) is 0 Å². The number of amides is 1. The van der Waals surface area contributed by atoms with Gasteiger partial charge in [0.25, 0.3) is 5.91 Å². The molecule has 1 saturated carbocycles. The number of fused-ring (bicyclic) bond motifs is 1. The third kappa shape index (κ3) is 3.89. The second kappa shape index (κ2) is 8.89. The fraction of sp³-hybridized carbons (Fsp3) is 0.222. The molecule has 0 N–H and O–H groups in total. The highest BCUT2D eigenvalue weighted by atomic mass is 32.2. The van der Waals surface area contributed by atoms with Crippen LogP contribution in [0.2, 0.25) is 0 Å². The maximum absolute atomic E-state index is 13.4. The smallest absolute Gasteiger partial charge is 0.266 e. The van der Waals surface area contributed by atoms with Crippen molar-refractivity contribution in [2.75, 3.05) is 0 Å². The average Bonchev–Trinajstić information content (AvgIpc) is 3.56. The molecule has 0 bridgehead atoms. The first kappa shape index (κ1) is 21.4. The summed E-state index contributed by atoms with van der Waals surface area (Å²) in [6.07, 6.45) is 9.45. The van der Waals surface area contributed by atoms with E-state index < -0.39 is 0 Å². The molecule has 1 aliphatic heterocycles. The predicted octanol–water partition coefficient (Wildman–Crippen LogP) is 6.82. The van der Waals surface area contributed by atoms with Crippen molar-refractivity contribution in [3.63, 3.8) is 0 Å². The summed E-state index contributed by atoms with van der Waals surface area (Å²) in [7, 11) is 0. The molecule has 2 fully saturated rings. The van der Waals surface area contributed by atoms with Gasteiger partial charge in [0.2, 0.25) is 0 Å². The lowest BCUT2D eigenvalue weighted by atomic mass is 9.94. The molecule has 7 heteroatoms. The standard InChI is InChI=1S/C27H23N3O2S2/c31-26-24(34-27(33)30(26)21-12-5-2-6-13-21)16-19-17-29(20-10-3-1-4-11-20)28-25(19)23-15-18-9-7-8-14-22(18)32-23/h1,3-4,7-11,14-17,21H,2,5-6,12-13H2. The number of thioether (sulfide) groups is 1. The Morgan fingerprint density at radius 2 is 1.79 bits per heavy atom. The SMILES string of the molecule is O=C1C(=Cc2cn(-c3ccccc3)nc2-c2cc3ccccc3o2)SC(=S)N1C1CCCCC1. The van der Waals surface area contributed by atoms with Crippen molar-refractivity contribution in [2.45, 2.75) is 38.1 Å². The van der Waals surface area contributed by atoms with Crippen LogP contribution < -0.4 is 0 Å². The Hall–Kier alpha value is -3.16. The van der Waals surface area contributed by atoms with Gasteiger partial charge in [0, 0.05) is 23.2 Å². The van der Waals surface area contributed by atoms with E-state index in [0.29, 0.717) is 20.7 Å². The van der Waals surface area contributed by atoms with E-state index >= 15 is 0 Å². The monoisotopic (exact) mass is 485 g/mol. The lowest BCUT2D eigenvalue weighted by molar-refractivity contribution is -0.124. The minimum absolute atomic E-state index is 0.00455. The lowest BCUT2D eigenvalue weighted by Gasteiger charge is -2.29. The van der Waals surface area contributed by atoms with Crippen LogP contribution in [0.25, 0.3) is 34.2 Å². The van der Waals surface area contributed by atoms with Gasteiger partial charge in [-0.25, -0.2) is 4.68 Å². The van der Waals surface area contributed by atoms with Crippen LogP contribution in [0.3, 0.4) is 0 Å². The van der Waals surface area contributed by atoms with E-state index in [4.69, 9.17) is 21.7 Å². The summed E-state index contributed by atoms with van der Waals surface area (Å²) in [5, 5.41) is 5.87. The summed E-state index contributed by atoms with van der Waals surface area (Å²) in [4.78, 5) is 15.9. The van der Waals surface area contributed by atoms with Gasteiger partial charge in [-0.15, -0.1) is 0 Å². The first-order valence-electron chi connectivity index (χ1n) is 11.6. The molecule has 0 spiro atoms. The third-order valence-corrected chi connectivity index (χ3v) is 7.80. The highest BCUT2D eigenvalue weighted by Crippen LogP contribution is 2.39. The van der Waals surface area contributed by atoms with Crippen LogP contribution in [-0.2, 0) is 4.79 Å². The van der Waals surface area contributed by atoms with Crippen LogP contribution in [0.4, 0.5) is 0 Å². The fourth-order valence-corrected chi connectivity index (χ4v) is 6.16. The maximum atomic E-state index is 13.4. The van der Waals surface area contributed by atoms with E-state index in [1.807, 2.05) is 82.5 Å². The number of aromatic nitrogens is 2. The van der Waals surface area contributed by atoms with E-state index in [2.05, 4.69) is 0 Å². The van der Waals surface area contributed by atoms with Crippen molar-refractivity contribution in [1.29, 1.82) is 0 Å². The highest BCUT2D eigenvalue weighted by molar-refractivity contribution is 8.26. The van der Waals surface area contributed by atoms with Gasteiger partial charge in [-0.2, -0.15) is 5.10 Å². The molecule has 34 heavy (non-hydrogen) atoms. The van der Waals surface area contributed by atoms with Gasteiger partial charge in [0.1, 0.15) is 15.6 Å². The second-order valence-corrected chi connectivity index (χ2v) is 10.4. The quantitative estimate of drug-likeness (QED) is 0.234. The number of benzene rings is 2. The predicted molar refractivity (Wildman–Crippen MR) is 141 cm³/mol.